The minimum atomic E-state index is -3.50. The third kappa shape index (κ3) is 4.56. The van der Waals surface area contributed by atoms with Crippen molar-refractivity contribution in [1.82, 2.24) is 5.32 Å². The van der Waals surface area contributed by atoms with E-state index in [0.717, 1.165) is 17.4 Å². The summed E-state index contributed by atoms with van der Waals surface area (Å²) < 4.78 is 28.5. The second kappa shape index (κ2) is 7.79. The summed E-state index contributed by atoms with van der Waals surface area (Å²) in [4.78, 5) is 12.2. The van der Waals surface area contributed by atoms with Crippen LogP contribution in [0.5, 0.6) is 0 Å². The molecule has 0 aliphatic heterocycles. The van der Waals surface area contributed by atoms with E-state index < -0.39 is 9.84 Å². The van der Waals surface area contributed by atoms with E-state index in [4.69, 9.17) is 16.3 Å². The minimum Gasteiger partial charge on any atom is -0.380 e. The van der Waals surface area contributed by atoms with Gasteiger partial charge in [-0.05, 0) is 29.3 Å². The van der Waals surface area contributed by atoms with Crippen LogP contribution in [0.3, 0.4) is 0 Å². The smallest absolute Gasteiger partial charge is 0.251 e. The molecule has 0 spiro atoms. The average Bonchev–Trinajstić information content (AvgIpc) is 2.53. The number of hydrogen-bond donors (Lipinski definition) is 1. The maximum atomic E-state index is 12.3. The van der Waals surface area contributed by atoms with Gasteiger partial charge < -0.3 is 10.1 Å². The molecule has 0 bridgehead atoms. The number of sulfone groups is 1. The average molecular weight is 368 g/mol. The Hall–Kier alpha value is -1.89. The first-order valence-corrected chi connectivity index (χ1v) is 9.43. The third-order valence-electron chi connectivity index (χ3n) is 3.45. The van der Waals surface area contributed by atoms with E-state index in [0.29, 0.717) is 13.2 Å². The summed E-state index contributed by atoms with van der Waals surface area (Å²) in [6.07, 6.45) is 1.05. The summed E-state index contributed by atoms with van der Waals surface area (Å²) in [6.45, 7) is 0.764. The maximum absolute atomic E-state index is 12.3. The van der Waals surface area contributed by atoms with Crippen molar-refractivity contribution in [2.24, 2.45) is 0 Å². The molecule has 0 saturated carbocycles. The van der Waals surface area contributed by atoms with Gasteiger partial charge in [0.1, 0.15) is 0 Å². The van der Waals surface area contributed by atoms with Crippen LogP contribution in [0.2, 0.25) is 5.02 Å². The van der Waals surface area contributed by atoms with E-state index >= 15 is 0 Å². The zero-order valence-corrected chi connectivity index (χ0v) is 14.9. The summed E-state index contributed by atoms with van der Waals surface area (Å²) in [5, 5.41) is 2.88. The molecular weight excluding hydrogens is 350 g/mol. The van der Waals surface area contributed by atoms with Crippen LogP contribution in [0.4, 0.5) is 0 Å². The van der Waals surface area contributed by atoms with Crippen LogP contribution in [0, 0.1) is 0 Å². The number of hydrogen-bond acceptors (Lipinski definition) is 4. The molecule has 0 aliphatic carbocycles. The van der Waals surface area contributed by atoms with Gasteiger partial charge in [0.05, 0.1) is 16.5 Å². The quantitative estimate of drug-likeness (QED) is 0.852. The van der Waals surface area contributed by atoms with Gasteiger partial charge in [-0.1, -0.05) is 35.9 Å². The normalized spacial score (nSPS) is 11.3. The zero-order chi connectivity index (χ0) is 17.7. The first-order valence-electron chi connectivity index (χ1n) is 7.16. The van der Waals surface area contributed by atoms with Crippen LogP contribution < -0.4 is 5.32 Å². The number of ether oxygens (including phenoxy) is 1. The highest BCUT2D eigenvalue weighted by atomic mass is 35.5. The monoisotopic (exact) mass is 367 g/mol. The van der Waals surface area contributed by atoms with E-state index in [1.54, 1.807) is 7.11 Å². The van der Waals surface area contributed by atoms with E-state index in [9.17, 15) is 13.2 Å². The molecule has 24 heavy (non-hydrogen) atoms. The lowest BCUT2D eigenvalue weighted by molar-refractivity contribution is 0.0950. The van der Waals surface area contributed by atoms with E-state index in [1.165, 1.54) is 18.2 Å². The lowest BCUT2D eigenvalue weighted by atomic mass is 10.1. The molecule has 128 valence electrons. The summed E-state index contributed by atoms with van der Waals surface area (Å²) in [7, 11) is -1.89. The van der Waals surface area contributed by atoms with E-state index in [2.05, 4.69) is 5.32 Å². The number of benzene rings is 2. The van der Waals surface area contributed by atoms with Crippen molar-refractivity contribution in [2.75, 3.05) is 13.4 Å². The van der Waals surface area contributed by atoms with Crippen molar-refractivity contribution < 1.29 is 17.9 Å². The van der Waals surface area contributed by atoms with Crippen molar-refractivity contribution in [1.29, 1.82) is 0 Å². The predicted molar refractivity (Wildman–Crippen MR) is 92.9 cm³/mol. The van der Waals surface area contributed by atoms with Gasteiger partial charge >= 0.3 is 0 Å². The molecule has 0 aliphatic rings. The Kier molecular flexibility index (Phi) is 5.99. The fourth-order valence-electron chi connectivity index (χ4n) is 2.23. The molecule has 2 rings (SSSR count). The standard InChI is InChI=1S/C17H18ClNO4S/c1-23-11-14-6-4-3-5-13(14)10-19-17(20)12-7-8-15(18)16(9-12)24(2,21)22/h3-9H,10-11H2,1-2H3,(H,19,20). The van der Waals surface area contributed by atoms with Crippen LogP contribution in [0.25, 0.3) is 0 Å². The van der Waals surface area contributed by atoms with Crippen molar-refractivity contribution in [3.8, 4) is 0 Å². The Labute approximate surface area is 146 Å². The molecule has 0 unspecified atom stereocenters. The van der Waals surface area contributed by atoms with Crippen molar-refractivity contribution >= 4 is 27.3 Å². The fraction of sp³-hybridized carbons (Fsp3) is 0.235. The first kappa shape index (κ1) is 18.4. The van der Waals surface area contributed by atoms with Crippen LogP contribution in [-0.4, -0.2) is 27.7 Å². The van der Waals surface area contributed by atoms with Gasteiger partial charge in [-0.25, -0.2) is 8.42 Å². The van der Waals surface area contributed by atoms with Crippen molar-refractivity contribution in [2.45, 2.75) is 18.0 Å². The SMILES string of the molecule is COCc1ccccc1CNC(=O)c1ccc(Cl)c(S(C)(=O)=O)c1. The summed E-state index contributed by atoms with van der Waals surface area (Å²) >= 11 is 5.89. The Bertz CT molecular complexity index is 849. The molecule has 0 radical (unpaired) electrons. The highest BCUT2D eigenvalue weighted by molar-refractivity contribution is 7.90. The molecule has 0 aromatic heterocycles. The zero-order valence-electron chi connectivity index (χ0n) is 13.4. The molecular formula is C17H18ClNO4S. The molecule has 0 heterocycles. The van der Waals surface area contributed by atoms with Gasteiger partial charge in [0, 0.05) is 25.5 Å². The summed E-state index contributed by atoms with van der Waals surface area (Å²) in [5.74, 6) is -0.371. The molecule has 2 aromatic carbocycles. The molecule has 1 amide bonds. The fourth-order valence-corrected chi connectivity index (χ4v) is 3.53. The van der Waals surface area contributed by atoms with Gasteiger partial charge in [0.15, 0.2) is 9.84 Å². The van der Waals surface area contributed by atoms with E-state index in [-0.39, 0.29) is 21.4 Å². The molecule has 0 saturated heterocycles. The molecule has 0 atom stereocenters. The summed E-state index contributed by atoms with van der Waals surface area (Å²) in [5.41, 5.74) is 2.15. The number of rotatable bonds is 6. The highest BCUT2D eigenvalue weighted by Gasteiger charge is 2.16. The molecule has 0 fully saturated rings. The first-order chi connectivity index (χ1) is 11.3. The largest absolute Gasteiger partial charge is 0.380 e. The number of carbonyl (C=O) groups is 1. The van der Waals surface area contributed by atoms with Crippen LogP contribution >= 0.6 is 11.6 Å². The van der Waals surface area contributed by atoms with Crippen molar-refractivity contribution in [3.63, 3.8) is 0 Å². The van der Waals surface area contributed by atoms with Crippen LogP contribution in [0.15, 0.2) is 47.4 Å². The lowest BCUT2D eigenvalue weighted by Crippen LogP contribution is -2.23. The number of nitrogens with one attached hydrogen (secondary N) is 1. The molecule has 5 nitrogen and oxygen atoms in total. The van der Waals surface area contributed by atoms with Gasteiger partial charge in [-0.15, -0.1) is 0 Å². The highest BCUT2D eigenvalue weighted by Crippen LogP contribution is 2.22. The maximum Gasteiger partial charge on any atom is 0.251 e. The number of halogens is 1. The number of methoxy groups -OCH3 is 1. The minimum absolute atomic E-state index is 0.0587. The second-order valence-electron chi connectivity index (χ2n) is 5.30. The van der Waals surface area contributed by atoms with Gasteiger partial charge in [-0.2, -0.15) is 0 Å². The topological polar surface area (TPSA) is 72.5 Å². The Morgan fingerprint density at radius 2 is 1.83 bits per heavy atom. The molecule has 1 N–H and O–H groups in total. The molecule has 7 heteroatoms. The van der Waals surface area contributed by atoms with Crippen molar-refractivity contribution in [3.05, 3.63) is 64.2 Å². The third-order valence-corrected chi connectivity index (χ3v) is 5.03. The van der Waals surface area contributed by atoms with E-state index in [1.807, 2.05) is 24.3 Å². The van der Waals surface area contributed by atoms with Gasteiger partial charge in [-0.3, -0.25) is 4.79 Å². The Morgan fingerprint density at radius 3 is 2.46 bits per heavy atom. The summed E-state index contributed by atoms with van der Waals surface area (Å²) in [6, 6.07) is 11.8. The molecule has 2 aromatic rings. The van der Waals surface area contributed by atoms with Gasteiger partial charge in [0.25, 0.3) is 5.91 Å². The predicted octanol–water partition coefficient (Wildman–Crippen LogP) is 2.82. The lowest BCUT2D eigenvalue weighted by Gasteiger charge is -2.11. The number of carbonyl (C=O) groups excluding carboxylic acids is 1. The van der Waals surface area contributed by atoms with Gasteiger partial charge in [0.2, 0.25) is 0 Å². The number of amides is 1. The Balaban J connectivity index is 2.17. The van der Waals surface area contributed by atoms with Crippen LogP contribution in [0.1, 0.15) is 21.5 Å². The second-order valence-corrected chi connectivity index (χ2v) is 7.69. The Morgan fingerprint density at radius 1 is 1.17 bits per heavy atom. The van der Waals surface area contributed by atoms with Crippen LogP contribution in [-0.2, 0) is 27.7 Å².